The second kappa shape index (κ2) is 10.6. The van der Waals surface area contributed by atoms with Gasteiger partial charge in [0.25, 0.3) is 0 Å². The quantitative estimate of drug-likeness (QED) is 0.422. The van der Waals surface area contributed by atoms with Gasteiger partial charge in [0.1, 0.15) is 11.5 Å². The van der Waals surface area contributed by atoms with Gasteiger partial charge in [-0.05, 0) is 13.0 Å². The second-order valence-electron chi connectivity index (χ2n) is 7.30. The van der Waals surface area contributed by atoms with Crippen LogP contribution in [0.25, 0.3) is 0 Å². The number of aromatic amines is 1. The number of imidazole rings is 1. The maximum Gasteiger partial charge on any atom is 0.343 e. The van der Waals surface area contributed by atoms with Crippen LogP contribution in [0.2, 0.25) is 0 Å². The molecule has 3 aromatic rings. The summed E-state index contributed by atoms with van der Waals surface area (Å²) in [5.74, 6) is -0.204. The van der Waals surface area contributed by atoms with Gasteiger partial charge in [0, 0.05) is 48.8 Å². The predicted molar refractivity (Wildman–Crippen MR) is 119 cm³/mol. The molecule has 10 nitrogen and oxygen atoms in total. The molecule has 0 aliphatic heterocycles. The van der Waals surface area contributed by atoms with E-state index in [1.54, 1.807) is 31.6 Å². The van der Waals surface area contributed by atoms with Crippen molar-refractivity contribution in [2.24, 2.45) is 0 Å². The number of carbonyl (C=O) groups is 1. The number of methoxy groups -OCH3 is 3. The van der Waals surface area contributed by atoms with Crippen LogP contribution >= 0.6 is 0 Å². The molecule has 0 unspecified atom stereocenters. The molecule has 1 atom stereocenters. The van der Waals surface area contributed by atoms with E-state index in [4.69, 9.17) is 18.6 Å². The van der Waals surface area contributed by atoms with Crippen molar-refractivity contribution in [1.82, 2.24) is 15.3 Å². The molecular formula is C23H27N3O7. The first-order valence-corrected chi connectivity index (χ1v) is 10.3. The Hall–Kier alpha value is -3.95. The van der Waals surface area contributed by atoms with E-state index in [-0.39, 0.29) is 35.2 Å². The first-order valence-electron chi connectivity index (χ1n) is 10.3. The van der Waals surface area contributed by atoms with Crippen LogP contribution in [0.5, 0.6) is 23.0 Å². The van der Waals surface area contributed by atoms with Crippen LogP contribution in [0.1, 0.15) is 34.9 Å². The maximum atomic E-state index is 12.8. The van der Waals surface area contributed by atoms with Gasteiger partial charge in [-0.1, -0.05) is 6.07 Å². The number of amides is 1. The van der Waals surface area contributed by atoms with Gasteiger partial charge in [0.15, 0.2) is 11.5 Å². The highest BCUT2D eigenvalue weighted by molar-refractivity contribution is 5.78. The van der Waals surface area contributed by atoms with Gasteiger partial charge in [-0.25, -0.2) is 9.78 Å². The zero-order chi connectivity index (χ0) is 24.0. The number of nitrogens with one attached hydrogen (secondary N) is 2. The van der Waals surface area contributed by atoms with E-state index in [1.165, 1.54) is 27.4 Å². The largest absolute Gasteiger partial charge is 0.507 e. The summed E-state index contributed by atoms with van der Waals surface area (Å²) in [4.78, 5) is 32.5. The van der Waals surface area contributed by atoms with Gasteiger partial charge in [-0.15, -0.1) is 0 Å². The van der Waals surface area contributed by atoms with E-state index >= 15 is 0 Å². The smallest absolute Gasteiger partial charge is 0.343 e. The monoisotopic (exact) mass is 457 g/mol. The molecule has 2 heterocycles. The lowest BCUT2D eigenvalue weighted by atomic mass is 9.87. The van der Waals surface area contributed by atoms with Crippen molar-refractivity contribution in [3.8, 4) is 23.0 Å². The van der Waals surface area contributed by atoms with E-state index in [0.717, 1.165) is 5.69 Å². The summed E-state index contributed by atoms with van der Waals surface area (Å²) in [6.45, 7) is 1.92. The number of aromatic nitrogens is 2. The van der Waals surface area contributed by atoms with Gasteiger partial charge in [0.2, 0.25) is 11.7 Å². The highest BCUT2D eigenvalue weighted by Gasteiger charge is 2.30. The molecule has 0 saturated carbocycles. The number of benzene rings is 1. The summed E-state index contributed by atoms with van der Waals surface area (Å²) in [6.07, 6.45) is 3.67. The van der Waals surface area contributed by atoms with Crippen molar-refractivity contribution in [3.05, 3.63) is 63.7 Å². The highest BCUT2D eigenvalue weighted by atomic mass is 16.5. The Morgan fingerprint density at radius 2 is 1.97 bits per heavy atom. The first kappa shape index (κ1) is 23.7. The Balaban J connectivity index is 2.00. The van der Waals surface area contributed by atoms with Crippen molar-refractivity contribution in [3.63, 3.8) is 0 Å². The molecule has 0 saturated heterocycles. The zero-order valence-electron chi connectivity index (χ0n) is 18.9. The number of aromatic hydroxyl groups is 1. The number of nitrogens with zero attached hydrogens (tertiary/aromatic N) is 1. The van der Waals surface area contributed by atoms with Crippen molar-refractivity contribution in [2.45, 2.75) is 25.7 Å². The minimum atomic E-state index is -0.872. The summed E-state index contributed by atoms with van der Waals surface area (Å²) in [7, 11) is 4.39. The molecule has 0 aliphatic carbocycles. The number of carbonyl (C=O) groups excluding carboxylic acids is 1. The maximum absolute atomic E-state index is 12.8. The average Bonchev–Trinajstić information content (AvgIpc) is 3.30. The van der Waals surface area contributed by atoms with Crippen molar-refractivity contribution < 1.29 is 28.5 Å². The minimum absolute atomic E-state index is 0.0464. The Morgan fingerprint density at radius 3 is 2.58 bits per heavy atom. The highest BCUT2D eigenvalue weighted by Crippen LogP contribution is 2.45. The fourth-order valence-electron chi connectivity index (χ4n) is 3.71. The molecule has 176 valence electrons. The summed E-state index contributed by atoms with van der Waals surface area (Å²) in [5, 5.41) is 13.4. The summed E-state index contributed by atoms with van der Waals surface area (Å²) >= 11 is 0. The molecule has 2 aromatic heterocycles. The Labute approximate surface area is 190 Å². The molecule has 1 aromatic carbocycles. The van der Waals surface area contributed by atoms with Gasteiger partial charge < -0.3 is 34.0 Å². The summed E-state index contributed by atoms with van der Waals surface area (Å²) in [5.41, 5.74) is 0.560. The molecule has 33 heavy (non-hydrogen) atoms. The fraction of sp³-hybridized carbons (Fsp3) is 0.348. The van der Waals surface area contributed by atoms with Crippen LogP contribution in [0.3, 0.4) is 0 Å². The molecule has 3 rings (SSSR count). The number of hydrogen-bond donors (Lipinski definition) is 3. The van der Waals surface area contributed by atoms with Crippen LogP contribution < -0.4 is 25.2 Å². The standard InChI is InChI=1S/C23H27N3O7/c1-13-9-17(27)20(23(29)33-13)16(10-19(28)25-8-7-14-11-24-12-26-14)15-5-6-18(30-2)22(32-4)21(15)31-3/h5-6,9,11-12,16,27H,7-8,10H2,1-4H3,(H,24,26)(H,25,28)/t16-/m0/s1. The number of H-pyrrole nitrogens is 1. The second-order valence-corrected chi connectivity index (χ2v) is 7.30. The van der Waals surface area contributed by atoms with Gasteiger partial charge in [-0.2, -0.15) is 0 Å². The van der Waals surface area contributed by atoms with E-state index in [2.05, 4.69) is 15.3 Å². The number of rotatable bonds is 10. The third-order valence-corrected chi connectivity index (χ3v) is 5.21. The lowest BCUT2D eigenvalue weighted by Gasteiger charge is -2.22. The van der Waals surface area contributed by atoms with E-state index in [1.807, 2.05) is 0 Å². The average molecular weight is 457 g/mol. The lowest BCUT2D eigenvalue weighted by Crippen LogP contribution is -2.29. The van der Waals surface area contributed by atoms with Crippen molar-refractivity contribution >= 4 is 5.91 Å². The molecular weight excluding hydrogens is 430 g/mol. The Bertz CT molecular complexity index is 1160. The van der Waals surface area contributed by atoms with Crippen molar-refractivity contribution in [2.75, 3.05) is 27.9 Å². The molecule has 0 fully saturated rings. The first-order chi connectivity index (χ1) is 15.9. The third kappa shape index (κ3) is 5.28. The lowest BCUT2D eigenvalue weighted by molar-refractivity contribution is -0.121. The topological polar surface area (TPSA) is 136 Å². The summed E-state index contributed by atoms with van der Waals surface area (Å²) in [6, 6.07) is 4.65. The van der Waals surface area contributed by atoms with Gasteiger partial charge >= 0.3 is 5.63 Å². The minimum Gasteiger partial charge on any atom is -0.507 e. The zero-order valence-corrected chi connectivity index (χ0v) is 18.9. The van der Waals surface area contributed by atoms with Gasteiger partial charge in [0.05, 0.1) is 33.2 Å². The molecule has 0 radical (unpaired) electrons. The number of aryl methyl sites for hydroxylation is 1. The summed E-state index contributed by atoms with van der Waals surface area (Å²) < 4.78 is 21.6. The molecule has 0 spiro atoms. The van der Waals surface area contributed by atoms with E-state index < -0.39 is 11.5 Å². The third-order valence-electron chi connectivity index (χ3n) is 5.21. The van der Waals surface area contributed by atoms with Gasteiger partial charge in [-0.3, -0.25) is 4.79 Å². The van der Waals surface area contributed by atoms with Crippen LogP contribution in [-0.4, -0.2) is 48.9 Å². The SMILES string of the molecule is COc1ccc([C@H](CC(=O)NCCc2cnc[nH]2)c2c(O)cc(C)oc2=O)c(OC)c1OC. The van der Waals surface area contributed by atoms with Crippen LogP contribution in [-0.2, 0) is 11.2 Å². The predicted octanol–water partition coefficient (Wildman–Crippen LogP) is 2.28. The van der Waals surface area contributed by atoms with E-state index in [9.17, 15) is 14.7 Å². The molecule has 0 aliphatic rings. The van der Waals surface area contributed by atoms with Crippen LogP contribution in [0.15, 0.2) is 39.9 Å². The van der Waals surface area contributed by atoms with Crippen LogP contribution in [0, 0.1) is 6.92 Å². The molecule has 1 amide bonds. The molecule has 3 N–H and O–H groups in total. The van der Waals surface area contributed by atoms with E-state index in [0.29, 0.717) is 30.0 Å². The Kier molecular flexibility index (Phi) is 7.60. The fourth-order valence-corrected chi connectivity index (χ4v) is 3.71. The normalized spacial score (nSPS) is 11.6. The number of ether oxygens (including phenoxy) is 3. The molecule has 10 heteroatoms. The Morgan fingerprint density at radius 1 is 1.21 bits per heavy atom. The molecule has 0 bridgehead atoms. The number of hydrogen-bond acceptors (Lipinski definition) is 8. The van der Waals surface area contributed by atoms with Crippen molar-refractivity contribution in [1.29, 1.82) is 0 Å². The van der Waals surface area contributed by atoms with Crippen LogP contribution in [0.4, 0.5) is 0 Å².